The number of carbonyl (C=O) groups is 1. The van der Waals surface area contributed by atoms with Crippen LogP contribution in [-0.4, -0.2) is 79.5 Å². The van der Waals surface area contributed by atoms with E-state index in [4.69, 9.17) is 5.73 Å². The Morgan fingerprint density at radius 1 is 0.750 bits per heavy atom. The van der Waals surface area contributed by atoms with E-state index in [2.05, 4.69) is 4.74 Å². The molecule has 0 spiro atoms. The molecule has 0 aromatic heterocycles. The SMILES string of the molecule is CCN(CCOC(=O)CCC(F)(F)C(F)C(F)(F)C(F)(F)C(F)(F)C(F)(F)C(F)(F)C(F)(F)C(F)(F)F)c1ccc(N)cc1. The number of halogens is 18. The van der Waals surface area contributed by atoms with Gasteiger partial charge in [-0.05, 0) is 31.2 Å². The van der Waals surface area contributed by atoms with Crippen molar-refractivity contribution in [1.29, 1.82) is 0 Å². The van der Waals surface area contributed by atoms with Crippen LogP contribution in [0.15, 0.2) is 24.3 Å². The highest BCUT2D eigenvalue weighted by atomic mass is 19.4. The number of hydrogen-bond donors (Lipinski definition) is 1. The molecular formula is C22H20F18N2O2. The van der Waals surface area contributed by atoms with Crippen molar-refractivity contribution < 1.29 is 88.6 Å². The maximum atomic E-state index is 14.0. The topological polar surface area (TPSA) is 55.6 Å². The third-order valence-electron chi connectivity index (χ3n) is 5.97. The predicted molar refractivity (Wildman–Crippen MR) is 115 cm³/mol. The van der Waals surface area contributed by atoms with Crippen molar-refractivity contribution in [1.82, 2.24) is 0 Å². The van der Waals surface area contributed by atoms with Crippen LogP contribution in [0.25, 0.3) is 0 Å². The van der Waals surface area contributed by atoms with Crippen LogP contribution in [-0.2, 0) is 9.53 Å². The van der Waals surface area contributed by atoms with Crippen molar-refractivity contribution >= 4 is 17.3 Å². The van der Waals surface area contributed by atoms with E-state index in [-0.39, 0.29) is 13.1 Å². The molecule has 0 bridgehead atoms. The van der Waals surface area contributed by atoms with E-state index in [0.29, 0.717) is 11.4 Å². The fraction of sp³-hybridized carbons (Fsp3) is 0.682. The molecule has 4 nitrogen and oxygen atoms in total. The van der Waals surface area contributed by atoms with Crippen LogP contribution < -0.4 is 10.6 Å². The fourth-order valence-electron chi connectivity index (χ4n) is 3.30. The number of carbonyl (C=O) groups excluding carboxylic acids is 1. The van der Waals surface area contributed by atoms with Gasteiger partial charge in [0.25, 0.3) is 5.92 Å². The first-order valence-corrected chi connectivity index (χ1v) is 11.6. The number of likely N-dealkylation sites (N-methyl/N-ethyl adjacent to an activating group) is 1. The summed E-state index contributed by atoms with van der Waals surface area (Å²) in [5.74, 6) is -58.5. The highest BCUT2D eigenvalue weighted by Gasteiger charge is 2.94. The lowest BCUT2D eigenvalue weighted by Gasteiger charge is -2.42. The summed E-state index contributed by atoms with van der Waals surface area (Å²) in [4.78, 5) is 13.2. The summed E-state index contributed by atoms with van der Waals surface area (Å²) in [6.45, 7) is 1.10. The van der Waals surface area contributed by atoms with Gasteiger partial charge in [0.05, 0.1) is 13.0 Å². The Hall–Kier alpha value is -2.97. The average Bonchev–Trinajstić information content (AvgIpc) is 2.89. The number of nitrogens with zero attached hydrogens (tertiary/aromatic N) is 1. The van der Waals surface area contributed by atoms with Crippen LogP contribution in [0.3, 0.4) is 0 Å². The van der Waals surface area contributed by atoms with E-state index in [1.807, 2.05) is 0 Å². The standard InChI is InChI=1S/C22H20F18N2O2/c1-2-42(12-5-3-11(41)4-6-12)9-10-44-13(43)7-8-15(24,25)14(23)16(26,27)17(28,29)18(30,31)19(32,33)20(34,35)21(36,37)22(38,39)40/h3-6,14H,2,7-10,41H2,1H3. The Labute approximate surface area is 235 Å². The largest absolute Gasteiger partial charge is 0.464 e. The molecule has 0 saturated carbocycles. The molecule has 2 N–H and O–H groups in total. The van der Waals surface area contributed by atoms with Crippen LogP contribution in [0.4, 0.5) is 90.4 Å². The maximum Gasteiger partial charge on any atom is 0.460 e. The van der Waals surface area contributed by atoms with Crippen molar-refractivity contribution in [3.8, 4) is 0 Å². The molecule has 0 radical (unpaired) electrons. The van der Waals surface area contributed by atoms with Crippen molar-refractivity contribution in [3.63, 3.8) is 0 Å². The van der Waals surface area contributed by atoms with Gasteiger partial charge in [0.2, 0.25) is 6.17 Å². The van der Waals surface area contributed by atoms with Crippen molar-refractivity contribution in [2.45, 2.75) is 73.6 Å². The third-order valence-corrected chi connectivity index (χ3v) is 5.97. The Morgan fingerprint density at radius 3 is 1.61 bits per heavy atom. The number of hydrogen-bond acceptors (Lipinski definition) is 4. The molecule has 256 valence electrons. The van der Waals surface area contributed by atoms with Gasteiger partial charge in [-0.3, -0.25) is 4.79 Å². The first-order chi connectivity index (χ1) is 19.5. The van der Waals surface area contributed by atoms with E-state index < -0.39 is 79.2 Å². The molecule has 1 aromatic rings. The van der Waals surface area contributed by atoms with Gasteiger partial charge >= 0.3 is 47.7 Å². The van der Waals surface area contributed by atoms with Crippen LogP contribution in [0, 0.1) is 0 Å². The molecule has 1 atom stereocenters. The molecule has 1 aromatic carbocycles. The number of benzene rings is 1. The smallest absolute Gasteiger partial charge is 0.460 e. The second-order valence-corrected chi connectivity index (χ2v) is 9.01. The molecule has 0 aliphatic carbocycles. The molecule has 1 rings (SSSR count). The summed E-state index contributed by atoms with van der Waals surface area (Å²) in [5, 5.41) is 0. The van der Waals surface area contributed by atoms with Gasteiger partial charge in [-0.15, -0.1) is 0 Å². The second-order valence-electron chi connectivity index (χ2n) is 9.01. The van der Waals surface area contributed by atoms with E-state index in [1.165, 1.54) is 29.2 Å². The fourth-order valence-corrected chi connectivity index (χ4v) is 3.30. The lowest BCUT2D eigenvalue weighted by Crippen LogP contribution is -2.74. The van der Waals surface area contributed by atoms with E-state index >= 15 is 0 Å². The minimum absolute atomic E-state index is 0.153. The molecule has 0 saturated heterocycles. The third kappa shape index (κ3) is 6.81. The molecule has 0 aliphatic heterocycles. The van der Waals surface area contributed by atoms with Crippen LogP contribution in [0.2, 0.25) is 0 Å². The quantitative estimate of drug-likeness (QED) is 0.117. The zero-order valence-corrected chi connectivity index (χ0v) is 21.6. The van der Waals surface area contributed by atoms with Gasteiger partial charge in [-0.25, -0.2) is 13.2 Å². The Kier molecular flexibility index (Phi) is 11.0. The van der Waals surface area contributed by atoms with Crippen molar-refractivity contribution in [3.05, 3.63) is 24.3 Å². The van der Waals surface area contributed by atoms with Gasteiger partial charge in [-0.2, -0.15) is 65.9 Å². The summed E-state index contributed by atoms with van der Waals surface area (Å²) < 4.78 is 244. The van der Waals surface area contributed by atoms with Crippen molar-refractivity contribution in [2.75, 3.05) is 30.3 Å². The van der Waals surface area contributed by atoms with Gasteiger partial charge in [0, 0.05) is 24.3 Å². The minimum atomic E-state index is -8.76. The highest BCUT2D eigenvalue weighted by Crippen LogP contribution is 2.63. The van der Waals surface area contributed by atoms with Crippen LogP contribution in [0.5, 0.6) is 0 Å². The van der Waals surface area contributed by atoms with Crippen LogP contribution in [0.1, 0.15) is 19.8 Å². The van der Waals surface area contributed by atoms with Gasteiger partial charge < -0.3 is 15.4 Å². The first-order valence-electron chi connectivity index (χ1n) is 11.6. The van der Waals surface area contributed by atoms with Crippen molar-refractivity contribution in [2.24, 2.45) is 0 Å². The summed E-state index contributed by atoms with van der Waals surface area (Å²) in [6.07, 6.45) is -18.3. The minimum Gasteiger partial charge on any atom is -0.464 e. The summed E-state index contributed by atoms with van der Waals surface area (Å²) >= 11 is 0. The highest BCUT2D eigenvalue weighted by molar-refractivity contribution is 5.69. The summed E-state index contributed by atoms with van der Waals surface area (Å²) in [5.41, 5.74) is 6.38. The molecule has 0 amide bonds. The zero-order chi connectivity index (χ0) is 35.0. The number of esters is 1. The number of ether oxygens (including phenoxy) is 1. The van der Waals surface area contributed by atoms with E-state index in [9.17, 15) is 83.8 Å². The van der Waals surface area contributed by atoms with Gasteiger partial charge in [0.1, 0.15) is 6.61 Å². The van der Waals surface area contributed by atoms with Gasteiger partial charge in [0.15, 0.2) is 0 Å². The molecule has 1 unspecified atom stereocenters. The summed E-state index contributed by atoms with van der Waals surface area (Å²) in [6, 6.07) is 5.97. The Balaban J connectivity index is 3.08. The van der Waals surface area contributed by atoms with E-state index in [0.717, 1.165) is 0 Å². The lowest BCUT2D eigenvalue weighted by molar-refractivity contribution is -0.456. The molecular weight excluding hydrogens is 666 g/mol. The molecule has 22 heteroatoms. The Morgan fingerprint density at radius 2 is 1.18 bits per heavy atom. The summed E-state index contributed by atoms with van der Waals surface area (Å²) in [7, 11) is 0. The number of alkyl halides is 18. The lowest BCUT2D eigenvalue weighted by atomic mass is 9.88. The predicted octanol–water partition coefficient (Wildman–Crippen LogP) is 7.77. The molecule has 0 aliphatic rings. The zero-order valence-electron chi connectivity index (χ0n) is 21.6. The number of rotatable bonds is 15. The number of nitrogens with two attached hydrogens (primary N) is 1. The molecule has 44 heavy (non-hydrogen) atoms. The second kappa shape index (κ2) is 12.4. The molecule has 0 fully saturated rings. The normalized spacial score (nSPS) is 15.2. The maximum absolute atomic E-state index is 14.0. The van der Waals surface area contributed by atoms with E-state index in [1.54, 1.807) is 6.92 Å². The molecule has 0 heterocycles. The number of anilines is 2. The average molecular weight is 686 g/mol. The Bertz CT molecular complexity index is 1120. The monoisotopic (exact) mass is 686 g/mol. The van der Waals surface area contributed by atoms with Gasteiger partial charge in [-0.1, -0.05) is 0 Å². The number of nitrogen functional groups attached to an aromatic ring is 1. The first kappa shape index (κ1) is 39.1. The van der Waals surface area contributed by atoms with Crippen LogP contribution >= 0.6 is 0 Å².